The number of pyridine rings is 1. The quantitative estimate of drug-likeness (QED) is 0.447. The third kappa shape index (κ3) is 5.44. The van der Waals surface area contributed by atoms with Crippen molar-refractivity contribution in [1.29, 1.82) is 0 Å². The minimum absolute atomic E-state index is 0.0703. The first-order valence-electron chi connectivity index (χ1n) is 5.82. The molecular formula is C10H14N4O8. The Morgan fingerprint density at radius 1 is 1.36 bits per heavy atom. The van der Waals surface area contributed by atoms with E-state index in [2.05, 4.69) is 4.98 Å². The summed E-state index contributed by atoms with van der Waals surface area (Å²) >= 11 is 0. The molecule has 0 unspecified atom stereocenters. The van der Waals surface area contributed by atoms with Gasteiger partial charge < -0.3 is 20.4 Å². The van der Waals surface area contributed by atoms with Gasteiger partial charge in [-0.25, -0.2) is 9.78 Å². The summed E-state index contributed by atoms with van der Waals surface area (Å²) in [6.45, 7) is 3.66. The molecular weight excluding hydrogens is 304 g/mol. The van der Waals surface area contributed by atoms with Crippen LogP contribution in [0.2, 0.25) is 0 Å². The van der Waals surface area contributed by atoms with E-state index >= 15 is 0 Å². The fourth-order valence-corrected chi connectivity index (χ4v) is 1.29. The molecule has 0 saturated carbocycles. The van der Waals surface area contributed by atoms with E-state index in [0.29, 0.717) is 0 Å². The molecule has 0 aliphatic heterocycles. The van der Waals surface area contributed by atoms with Crippen LogP contribution in [0.3, 0.4) is 0 Å². The molecule has 1 rings (SSSR count). The number of carbonyl (C=O) groups is 1. The fourth-order valence-electron chi connectivity index (χ4n) is 1.29. The van der Waals surface area contributed by atoms with Gasteiger partial charge in [0, 0.05) is 0 Å². The maximum Gasteiger partial charge on any atom is 0.346 e. The van der Waals surface area contributed by atoms with Crippen molar-refractivity contribution >= 4 is 17.3 Å². The Bertz CT molecular complexity index is 558. The van der Waals surface area contributed by atoms with Crippen LogP contribution < -0.4 is 10.5 Å². The number of aromatic nitrogens is 1. The van der Waals surface area contributed by atoms with Crippen molar-refractivity contribution < 1.29 is 29.5 Å². The molecule has 0 aliphatic rings. The Balaban J connectivity index is 0.000000980. The number of rotatable bonds is 5. The molecule has 0 aromatic carbocycles. The lowest BCUT2D eigenvalue weighted by atomic mass is 10.2. The number of hydrogen-bond acceptors (Lipinski definition) is 9. The Labute approximate surface area is 123 Å². The highest BCUT2D eigenvalue weighted by molar-refractivity contribution is 5.99. The lowest BCUT2D eigenvalue weighted by molar-refractivity contribution is -0.742. The van der Waals surface area contributed by atoms with Crippen LogP contribution in [0.25, 0.3) is 0 Å². The molecule has 1 aromatic rings. The van der Waals surface area contributed by atoms with E-state index in [9.17, 15) is 14.9 Å². The first-order chi connectivity index (χ1) is 10.3. The molecule has 0 amide bonds. The Morgan fingerprint density at radius 3 is 2.32 bits per heavy atom. The van der Waals surface area contributed by atoms with Gasteiger partial charge in [0.1, 0.15) is 11.9 Å². The Hall–Kier alpha value is -3.18. The predicted molar refractivity (Wildman–Crippen MR) is 71.2 cm³/mol. The van der Waals surface area contributed by atoms with E-state index in [0.717, 1.165) is 6.20 Å². The van der Waals surface area contributed by atoms with Gasteiger partial charge in [0.2, 0.25) is 5.88 Å². The summed E-state index contributed by atoms with van der Waals surface area (Å²) in [5.74, 6) is -0.867. The Kier molecular flexibility index (Phi) is 7.60. The molecule has 0 fully saturated rings. The first kappa shape index (κ1) is 18.8. The number of carbonyl (C=O) groups excluding carboxylic acids is 1. The average molecular weight is 318 g/mol. The molecule has 0 saturated heterocycles. The van der Waals surface area contributed by atoms with Crippen LogP contribution in [-0.2, 0) is 4.74 Å². The van der Waals surface area contributed by atoms with Crippen molar-refractivity contribution in [2.75, 3.05) is 18.9 Å². The van der Waals surface area contributed by atoms with Gasteiger partial charge in [-0.1, -0.05) is 0 Å². The minimum atomic E-state index is -1.50. The lowest BCUT2D eigenvalue weighted by Gasteiger charge is -2.10. The van der Waals surface area contributed by atoms with Gasteiger partial charge in [0.25, 0.3) is 5.09 Å². The zero-order chi connectivity index (χ0) is 17.3. The molecule has 22 heavy (non-hydrogen) atoms. The summed E-state index contributed by atoms with van der Waals surface area (Å²) in [6, 6.07) is 0. The van der Waals surface area contributed by atoms with Crippen molar-refractivity contribution in [3.63, 3.8) is 0 Å². The highest BCUT2D eigenvalue weighted by atomic mass is 16.9. The predicted octanol–water partition coefficient (Wildman–Crippen LogP) is 0.800. The zero-order valence-electron chi connectivity index (χ0n) is 11.7. The second-order valence-corrected chi connectivity index (χ2v) is 3.39. The highest BCUT2D eigenvalue weighted by Gasteiger charge is 2.26. The molecule has 3 N–H and O–H groups in total. The van der Waals surface area contributed by atoms with Gasteiger partial charge in [0.15, 0.2) is 5.56 Å². The third-order valence-corrected chi connectivity index (χ3v) is 2.02. The van der Waals surface area contributed by atoms with Crippen molar-refractivity contribution in [2.45, 2.75) is 13.8 Å². The topological polar surface area (TPSA) is 181 Å². The molecule has 0 bridgehead atoms. The van der Waals surface area contributed by atoms with Crippen molar-refractivity contribution in [3.05, 3.63) is 32.0 Å². The summed E-state index contributed by atoms with van der Waals surface area (Å²) in [6.07, 6.45) is 0.947. The second kappa shape index (κ2) is 8.89. The van der Waals surface area contributed by atoms with Crippen molar-refractivity contribution in [3.8, 4) is 5.88 Å². The summed E-state index contributed by atoms with van der Waals surface area (Å²) in [7, 11) is 0. The molecule has 0 spiro atoms. The molecule has 122 valence electrons. The smallest absolute Gasteiger partial charge is 0.346 e. The van der Waals surface area contributed by atoms with Gasteiger partial charge in [-0.3, -0.25) is 10.1 Å². The van der Waals surface area contributed by atoms with E-state index in [1.807, 2.05) is 0 Å². The molecule has 12 heteroatoms. The highest BCUT2D eigenvalue weighted by Crippen LogP contribution is 2.31. The molecule has 12 nitrogen and oxygen atoms in total. The number of esters is 1. The zero-order valence-corrected chi connectivity index (χ0v) is 11.7. The van der Waals surface area contributed by atoms with Crippen LogP contribution >= 0.6 is 0 Å². The minimum Gasteiger partial charge on any atom is -0.477 e. The summed E-state index contributed by atoms with van der Waals surface area (Å²) in [5.41, 5.74) is 4.60. The van der Waals surface area contributed by atoms with Crippen molar-refractivity contribution in [1.82, 2.24) is 4.98 Å². The Morgan fingerprint density at radius 2 is 1.91 bits per heavy atom. The standard InChI is InChI=1S/C10H13N3O5.HNO3/c1-3-17-9-7(10(14)18-4-2)8(11)6(5-12-9)13(15)16;2-1(3)4/h5H,3-4H2,1-2H3,(H2,11,12);(H,2,3,4). The van der Waals surface area contributed by atoms with Gasteiger partial charge in [-0.15, -0.1) is 10.1 Å². The first-order valence-corrected chi connectivity index (χ1v) is 5.82. The van der Waals surface area contributed by atoms with Crippen LogP contribution in [0, 0.1) is 20.2 Å². The average Bonchev–Trinajstić information content (AvgIpc) is 2.38. The summed E-state index contributed by atoms with van der Waals surface area (Å²) < 4.78 is 9.87. The fraction of sp³-hybridized carbons (Fsp3) is 0.400. The van der Waals surface area contributed by atoms with E-state index in [4.69, 9.17) is 30.5 Å². The molecule has 1 heterocycles. The number of anilines is 1. The van der Waals surface area contributed by atoms with Crippen LogP contribution in [0.15, 0.2) is 6.20 Å². The third-order valence-electron chi connectivity index (χ3n) is 2.02. The summed E-state index contributed by atoms with van der Waals surface area (Å²) in [4.78, 5) is 33.8. The normalized spacial score (nSPS) is 9.18. The number of nitrogens with zero attached hydrogens (tertiary/aromatic N) is 3. The van der Waals surface area contributed by atoms with E-state index in [1.54, 1.807) is 13.8 Å². The van der Waals surface area contributed by atoms with Crippen LogP contribution in [0.1, 0.15) is 24.2 Å². The largest absolute Gasteiger partial charge is 0.477 e. The molecule has 0 radical (unpaired) electrons. The number of nitro groups is 1. The van der Waals surface area contributed by atoms with Crippen LogP contribution in [-0.4, -0.2) is 39.4 Å². The van der Waals surface area contributed by atoms with E-state index in [-0.39, 0.29) is 30.3 Å². The number of nitrogen functional groups attached to an aromatic ring is 1. The van der Waals surface area contributed by atoms with E-state index < -0.39 is 21.7 Å². The van der Waals surface area contributed by atoms with Crippen LogP contribution in [0.4, 0.5) is 11.4 Å². The maximum absolute atomic E-state index is 11.7. The molecule has 0 aliphatic carbocycles. The molecule has 0 atom stereocenters. The van der Waals surface area contributed by atoms with Gasteiger partial charge in [-0.05, 0) is 13.8 Å². The van der Waals surface area contributed by atoms with Gasteiger partial charge >= 0.3 is 11.7 Å². The number of nitrogens with two attached hydrogens (primary N) is 1. The monoisotopic (exact) mass is 318 g/mol. The van der Waals surface area contributed by atoms with E-state index in [1.165, 1.54) is 0 Å². The second-order valence-electron chi connectivity index (χ2n) is 3.39. The van der Waals surface area contributed by atoms with Crippen LogP contribution in [0.5, 0.6) is 5.88 Å². The van der Waals surface area contributed by atoms with Gasteiger partial charge in [-0.2, -0.15) is 0 Å². The number of ether oxygens (including phenoxy) is 2. The van der Waals surface area contributed by atoms with Gasteiger partial charge in [0.05, 0.1) is 18.1 Å². The van der Waals surface area contributed by atoms with Crippen molar-refractivity contribution in [2.24, 2.45) is 0 Å². The lowest BCUT2D eigenvalue weighted by Crippen LogP contribution is -2.13. The number of hydrogen-bond donors (Lipinski definition) is 2. The maximum atomic E-state index is 11.7. The molecule has 1 aromatic heterocycles. The SMILES string of the molecule is CCOC(=O)c1c(OCC)ncc([N+](=O)[O-])c1N.O=[N+]([O-])O. The summed E-state index contributed by atoms with van der Waals surface area (Å²) in [5, 5.41) is 24.4.